The third kappa shape index (κ3) is 2.06. The van der Waals surface area contributed by atoms with Gasteiger partial charge in [-0.25, -0.2) is 14.5 Å². The van der Waals surface area contributed by atoms with E-state index in [1.54, 1.807) is 12.1 Å². The number of aryl methyl sites for hydroxylation is 1. The third-order valence-corrected chi connectivity index (χ3v) is 2.38. The van der Waals surface area contributed by atoms with Crippen molar-refractivity contribution < 1.29 is 9.53 Å². The van der Waals surface area contributed by atoms with Gasteiger partial charge in [-0.3, -0.25) is 0 Å². The Morgan fingerprint density at radius 2 is 2.28 bits per heavy atom. The number of esters is 1. The third-order valence-electron chi connectivity index (χ3n) is 2.38. The van der Waals surface area contributed by atoms with E-state index in [4.69, 9.17) is 5.26 Å². The fraction of sp³-hybridized carbons (Fsp3) is 0.167. The molecule has 2 rings (SSSR count). The van der Waals surface area contributed by atoms with Crippen molar-refractivity contribution in [2.75, 3.05) is 7.11 Å². The first-order valence-electron chi connectivity index (χ1n) is 5.17. The minimum absolute atomic E-state index is 0.0390. The van der Waals surface area contributed by atoms with Crippen molar-refractivity contribution in [3.05, 3.63) is 41.5 Å². The smallest absolute Gasteiger partial charge is 0.377 e. The number of ether oxygens (including phenoxy) is 1. The summed E-state index contributed by atoms with van der Waals surface area (Å²) >= 11 is 0. The van der Waals surface area contributed by atoms with Crippen LogP contribution >= 0.6 is 0 Å². The first kappa shape index (κ1) is 11.8. The van der Waals surface area contributed by atoms with Crippen LogP contribution in [0.4, 0.5) is 0 Å². The average molecular weight is 242 g/mol. The van der Waals surface area contributed by atoms with E-state index in [1.807, 2.05) is 13.0 Å². The number of hydrogen-bond acceptors (Lipinski definition) is 5. The van der Waals surface area contributed by atoms with E-state index >= 15 is 0 Å². The Labute approximate surface area is 103 Å². The maximum absolute atomic E-state index is 11.3. The number of carbonyl (C=O) groups is 1. The van der Waals surface area contributed by atoms with Gasteiger partial charge in [0.1, 0.15) is 12.4 Å². The van der Waals surface area contributed by atoms with Crippen LogP contribution in [0.3, 0.4) is 0 Å². The monoisotopic (exact) mass is 242 g/mol. The van der Waals surface area contributed by atoms with Gasteiger partial charge in [0.25, 0.3) is 5.82 Å². The molecule has 0 aliphatic rings. The molecule has 1 heterocycles. The van der Waals surface area contributed by atoms with Crippen LogP contribution in [0.25, 0.3) is 5.69 Å². The van der Waals surface area contributed by atoms with Crippen molar-refractivity contribution in [1.82, 2.24) is 14.8 Å². The van der Waals surface area contributed by atoms with Crippen LogP contribution in [0.5, 0.6) is 0 Å². The molecule has 6 nitrogen and oxygen atoms in total. The molecule has 0 unspecified atom stereocenters. The maximum Gasteiger partial charge on any atom is 0.377 e. The van der Waals surface area contributed by atoms with E-state index in [9.17, 15) is 4.79 Å². The Kier molecular flexibility index (Phi) is 3.06. The zero-order valence-corrected chi connectivity index (χ0v) is 9.91. The van der Waals surface area contributed by atoms with Gasteiger partial charge >= 0.3 is 5.97 Å². The fourth-order valence-electron chi connectivity index (χ4n) is 1.49. The molecule has 0 aliphatic heterocycles. The summed E-state index contributed by atoms with van der Waals surface area (Å²) in [5, 5.41) is 13.0. The summed E-state index contributed by atoms with van der Waals surface area (Å²) in [6.45, 7) is 1.91. The number of carbonyl (C=O) groups excluding carboxylic acids is 1. The minimum atomic E-state index is -0.611. The van der Waals surface area contributed by atoms with Crippen LogP contribution in [-0.4, -0.2) is 27.8 Å². The molecule has 0 saturated heterocycles. The van der Waals surface area contributed by atoms with Crippen LogP contribution in [0, 0.1) is 18.3 Å². The van der Waals surface area contributed by atoms with Crippen LogP contribution in [0.2, 0.25) is 0 Å². The highest BCUT2D eigenvalue weighted by atomic mass is 16.5. The first-order valence-corrected chi connectivity index (χ1v) is 5.17. The summed E-state index contributed by atoms with van der Waals surface area (Å²) in [6, 6.07) is 7.40. The Hall–Kier alpha value is -2.68. The molecule has 18 heavy (non-hydrogen) atoms. The second-order valence-electron chi connectivity index (χ2n) is 3.64. The van der Waals surface area contributed by atoms with Gasteiger partial charge < -0.3 is 4.74 Å². The van der Waals surface area contributed by atoms with Crippen molar-refractivity contribution in [2.45, 2.75) is 6.92 Å². The van der Waals surface area contributed by atoms with Crippen LogP contribution in [0.15, 0.2) is 24.5 Å². The Balaban J connectivity index is 2.49. The second kappa shape index (κ2) is 4.67. The lowest BCUT2D eigenvalue weighted by Gasteiger charge is -2.03. The van der Waals surface area contributed by atoms with E-state index in [-0.39, 0.29) is 5.82 Å². The Bertz CT molecular complexity index is 640. The molecule has 2 aromatic rings. The lowest BCUT2D eigenvalue weighted by atomic mass is 10.1. The number of hydrogen-bond donors (Lipinski definition) is 0. The second-order valence-corrected chi connectivity index (χ2v) is 3.64. The fourth-order valence-corrected chi connectivity index (χ4v) is 1.49. The molecule has 0 spiro atoms. The lowest BCUT2D eigenvalue weighted by molar-refractivity contribution is 0.0587. The minimum Gasteiger partial charge on any atom is -0.463 e. The van der Waals surface area contributed by atoms with E-state index in [0.29, 0.717) is 11.3 Å². The number of aromatic nitrogens is 3. The van der Waals surface area contributed by atoms with Crippen molar-refractivity contribution in [1.29, 1.82) is 5.26 Å². The molecule has 0 radical (unpaired) electrons. The van der Waals surface area contributed by atoms with Crippen LogP contribution < -0.4 is 0 Å². The highest BCUT2D eigenvalue weighted by Crippen LogP contribution is 2.15. The van der Waals surface area contributed by atoms with Gasteiger partial charge in [-0.15, -0.1) is 5.10 Å². The average Bonchev–Trinajstić information content (AvgIpc) is 2.87. The Morgan fingerprint density at radius 1 is 1.50 bits per heavy atom. The van der Waals surface area contributed by atoms with Gasteiger partial charge in [0, 0.05) is 0 Å². The molecule has 0 saturated carbocycles. The molecule has 6 heteroatoms. The first-order chi connectivity index (χ1) is 8.65. The van der Waals surface area contributed by atoms with Crippen LogP contribution in [0.1, 0.15) is 21.7 Å². The van der Waals surface area contributed by atoms with Crippen molar-refractivity contribution >= 4 is 5.97 Å². The standard InChI is InChI=1S/C12H10N4O2/c1-8-3-4-9(6-13)10(5-8)16-7-14-11(15-16)12(17)18-2/h3-5,7H,1-2H3. The molecule has 1 aromatic carbocycles. The summed E-state index contributed by atoms with van der Waals surface area (Å²) in [7, 11) is 1.26. The van der Waals surface area contributed by atoms with Gasteiger partial charge in [-0.1, -0.05) is 6.07 Å². The zero-order valence-electron chi connectivity index (χ0n) is 9.91. The van der Waals surface area contributed by atoms with Gasteiger partial charge in [0.2, 0.25) is 0 Å². The highest BCUT2D eigenvalue weighted by molar-refractivity contribution is 5.84. The predicted octanol–water partition coefficient (Wildman–Crippen LogP) is 1.23. The number of benzene rings is 1. The van der Waals surface area contributed by atoms with Crippen molar-refractivity contribution in [2.24, 2.45) is 0 Å². The Morgan fingerprint density at radius 3 is 2.94 bits per heavy atom. The molecule has 90 valence electrons. The SMILES string of the molecule is COC(=O)c1ncn(-c2cc(C)ccc2C#N)n1. The topological polar surface area (TPSA) is 80.8 Å². The molecule has 0 atom stereocenters. The summed E-state index contributed by atoms with van der Waals surface area (Å²) in [6.07, 6.45) is 1.38. The van der Waals surface area contributed by atoms with E-state index < -0.39 is 5.97 Å². The zero-order chi connectivity index (χ0) is 13.1. The quantitative estimate of drug-likeness (QED) is 0.740. The lowest BCUT2D eigenvalue weighted by Crippen LogP contribution is -2.06. The summed E-state index contributed by atoms with van der Waals surface area (Å²) < 4.78 is 5.91. The molecule has 0 aliphatic carbocycles. The normalized spacial score (nSPS) is 9.83. The number of rotatable bonds is 2. The van der Waals surface area contributed by atoms with Gasteiger partial charge in [0.15, 0.2) is 0 Å². The van der Waals surface area contributed by atoms with Gasteiger partial charge in [0.05, 0.1) is 18.4 Å². The van der Waals surface area contributed by atoms with Gasteiger partial charge in [-0.05, 0) is 24.6 Å². The summed E-state index contributed by atoms with van der Waals surface area (Å²) in [5.74, 6) is -0.650. The molecule has 1 aromatic heterocycles. The van der Waals surface area contributed by atoms with Crippen molar-refractivity contribution in [3.8, 4) is 11.8 Å². The number of nitrogens with zero attached hydrogens (tertiary/aromatic N) is 4. The molecule has 0 amide bonds. The van der Waals surface area contributed by atoms with E-state index in [1.165, 1.54) is 18.1 Å². The van der Waals surface area contributed by atoms with E-state index in [2.05, 4.69) is 20.9 Å². The van der Waals surface area contributed by atoms with Crippen LogP contribution in [-0.2, 0) is 4.74 Å². The highest BCUT2D eigenvalue weighted by Gasteiger charge is 2.13. The molecular formula is C12H10N4O2. The summed E-state index contributed by atoms with van der Waals surface area (Å²) in [5.41, 5.74) is 2.03. The maximum atomic E-state index is 11.3. The predicted molar refractivity (Wildman–Crippen MR) is 62.2 cm³/mol. The van der Waals surface area contributed by atoms with Gasteiger partial charge in [-0.2, -0.15) is 5.26 Å². The molecule has 0 fully saturated rings. The molecular weight excluding hydrogens is 232 g/mol. The number of methoxy groups -OCH3 is 1. The largest absolute Gasteiger partial charge is 0.463 e. The molecule has 0 bridgehead atoms. The molecule has 0 N–H and O–H groups in total. The van der Waals surface area contributed by atoms with Crippen molar-refractivity contribution in [3.63, 3.8) is 0 Å². The number of nitriles is 1. The van der Waals surface area contributed by atoms with E-state index in [0.717, 1.165) is 5.56 Å². The summed E-state index contributed by atoms with van der Waals surface area (Å²) in [4.78, 5) is 15.1.